The molecule has 0 aliphatic rings. The van der Waals surface area contributed by atoms with E-state index in [-0.39, 0.29) is 0 Å². The van der Waals surface area contributed by atoms with Crippen molar-refractivity contribution in [1.82, 2.24) is 4.98 Å². The van der Waals surface area contributed by atoms with Gasteiger partial charge >= 0.3 is 145 Å². The molecular weight excluding hydrogens is 393 g/mol. The van der Waals surface area contributed by atoms with E-state index in [0.29, 0.717) is 0 Å². The van der Waals surface area contributed by atoms with Crippen LogP contribution in [0.3, 0.4) is 0 Å². The van der Waals surface area contributed by atoms with E-state index in [2.05, 4.69) is 44.0 Å². The van der Waals surface area contributed by atoms with Gasteiger partial charge in [0.1, 0.15) is 0 Å². The second-order valence-electron chi connectivity index (χ2n) is 6.63. The fraction of sp³-hybridized carbons (Fsp3) is 0.632. The Hall–Kier alpha value is -0.0913. The van der Waals surface area contributed by atoms with Crippen LogP contribution < -0.4 is 3.58 Å². The number of nitrogens with zero attached hydrogens (tertiary/aromatic N) is 1. The average Bonchev–Trinajstić information content (AvgIpc) is 3.02. The Morgan fingerprint density at radius 2 is 1.50 bits per heavy atom. The van der Waals surface area contributed by atoms with Crippen molar-refractivity contribution in [2.75, 3.05) is 0 Å². The molecule has 1 aromatic heterocycles. The van der Waals surface area contributed by atoms with Crippen LogP contribution in [-0.4, -0.2) is 23.4 Å². The standard InChI is InChI=1S/C7H4NS.3C4H9.Sn/c1-2-4-7-6(3-1)8-5-9-7;3*1-3-4-2;/h2-5H;3*1,3-4H2,2H3;. The van der Waals surface area contributed by atoms with Crippen molar-refractivity contribution in [2.45, 2.75) is 72.6 Å². The number of aromatic nitrogens is 1. The van der Waals surface area contributed by atoms with Crippen LogP contribution in [-0.2, 0) is 0 Å². The summed E-state index contributed by atoms with van der Waals surface area (Å²) in [5.41, 5.74) is 3.24. The van der Waals surface area contributed by atoms with Crippen molar-refractivity contribution in [3.63, 3.8) is 0 Å². The Kier molecular flexibility index (Phi) is 7.69. The minimum absolute atomic E-state index is 1.24. The summed E-state index contributed by atoms with van der Waals surface area (Å²) in [6.45, 7) is 7.04. The van der Waals surface area contributed by atoms with E-state index < -0.39 is 18.4 Å². The molecule has 0 spiro atoms. The molecule has 0 aliphatic carbocycles. The summed E-state index contributed by atoms with van der Waals surface area (Å²) >= 11 is -0.477. The van der Waals surface area contributed by atoms with Crippen LogP contribution >= 0.6 is 11.3 Å². The SMILES string of the molecule is CCC[CH2][Sn]([CH2]CCC)([CH2]CCC)[c]1ccc2scnc2c1. The van der Waals surface area contributed by atoms with E-state index >= 15 is 0 Å². The molecule has 0 saturated carbocycles. The third-order valence-corrected chi connectivity index (χ3v) is 21.4. The molecular formula is C19H31NSSn. The molecule has 1 aromatic carbocycles. The molecule has 22 heavy (non-hydrogen) atoms. The fourth-order valence-electron chi connectivity index (χ4n) is 3.54. The molecule has 0 bridgehead atoms. The molecule has 3 heteroatoms. The van der Waals surface area contributed by atoms with Crippen molar-refractivity contribution >= 4 is 43.5 Å². The summed E-state index contributed by atoms with van der Waals surface area (Å²) in [6.07, 6.45) is 8.32. The zero-order valence-corrected chi connectivity index (χ0v) is 18.2. The van der Waals surface area contributed by atoms with Crippen molar-refractivity contribution in [3.05, 3.63) is 23.7 Å². The van der Waals surface area contributed by atoms with Gasteiger partial charge in [0.05, 0.1) is 0 Å². The van der Waals surface area contributed by atoms with Crippen molar-refractivity contribution in [1.29, 1.82) is 0 Å². The Balaban J connectivity index is 2.36. The first-order valence-electron chi connectivity index (χ1n) is 9.09. The van der Waals surface area contributed by atoms with Crippen LogP contribution in [0.15, 0.2) is 23.7 Å². The summed E-state index contributed by atoms with van der Waals surface area (Å²) in [5, 5.41) is 0. The third-order valence-electron chi connectivity index (χ3n) is 4.97. The molecule has 2 rings (SSSR count). The van der Waals surface area contributed by atoms with Crippen molar-refractivity contribution in [3.8, 4) is 0 Å². The molecule has 0 amide bonds. The Morgan fingerprint density at radius 1 is 0.909 bits per heavy atom. The van der Waals surface area contributed by atoms with Crippen LogP contribution in [0, 0.1) is 0 Å². The van der Waals surface area contributed by atoms with Crippen LogP contribution in [0.4, 0.5) is 0 Å². The van der Waals surface area contributed by atoms with E-state index in [1.54, 1.807) is 28.2 Å². The molecule has 1 nitrogen and oxygen atoms in total. The second kappa shape index (κ2) is 9.26. The molecule has 122 valence electrons. The molecule has 0 N–H and O–H groups in total. The first-order valence-corrected chi connectivity index (χ1v) is 17.5. The number of benzene rings is 1. The Bertz CT molecular complexity index is 542. The van der Waals surface area contributed by atoms with Crippen LogP contribution in [0.5, 0.6) is 0 Å². The predicted octanol–water partition coefficient (Wildman–Crippen LogP) is 6.35. The summed E-state index contributed by atoms with van der Waals surface area (Å²) in [7, 11) is 0. The van der Waals surface area contributed by atoms with E-state index in [0.717, 1.165) is 0 Å². The van der Waals surface area contributed by atoms with Gasteiger partial charge in [-0.05, 0) is 0 Å². The Labute approximate surface area is 144 Å². The average molecular weight is 424 g/mol. The van der Waals surface area contributed by atoms with Gasteiger partial charge in [-0.15, -0.1) is 0 Å². The van der Waals surface area contributed by atoms with E-state index in [4.69, 9.17) is 0 Å². The molecule has 1 heterocycles. The molecule has 0 fully saturated rings. The van der Waals surface area contributed by atoms with Gasteiger partial charge in [-0.1, -0.05) is 0 Å². The van der Waals surface area contributed by atoms with Gasteiger partial charge < -0.3 is 0 Å². The van der Waals surface area contributed by atoms with Gasteiger partial charge in [0, 0.05) is 0 Å². The zero-order valence-electron chi connectivity index (χ0n) is 14.5. The number of fused-ring (bicyclic) bond motifs is 1. The van der Waals surface area contributed by atoms with Gasteiger partial charge in [0.2, 0.25) is 0 Å². The van der Waals surface area contributed by atoms with Crippen molar-refractivity contribution in [2.24, 2.45) is 0 Å². The fourth-order valence-corrected chi connectivity index (χ4v) is 20.1. The first-order chi connectivity index (χ1) is 10.8. The third kappa shape index (κ3) is 4.47. The quantitative estimate of drug-likeness (QED) is 0.405. The second-order valence-corrected chi connectivity index (χ2v) is 20.7. The number of thiazole rings is 1. The topological polar surface area (TPSA) is 12.9 Å². The number of rotatable bonds is 10. The van der Waals surface area contributed by atoms with Gasteiger partial charge in [-0.2, -0.15) is 0 Å². The zero-order chi connectivity index (χ0) is 15.8. The maximum absolute atomic E-state index is 4.59. The summed E-state index contributed by atoms with van der Waals surface area (Å²) in [6, 6.07) is 7.30. The van der Waals surface area contributed by atoms with E-state index in [9.17, 15) is 0 Å². The molecule has 0 aliphatic heterocycles. The summed E-state index contributed by atoms with van der Waals surface area (Å²) in [5.74, 6) is 0. The van der Waals surface area contributed by atoms with Gasteiger partial charge in [-0.25, -0.2) is 0 Å². The monoisotopic (exact) mass is 425 g/mol. The molecule has 0 saturated heterocycles. The molecule has 2 aromatic rings. The van der Waals surface area contributed by atoms with Crippen LogP contribution in [0.1, 0.15) is 59.3 Å². The van der Waals surface area contributed by atoms with E-state index in [1.807, 2.05) is 5.51 Å². The summed E-state index contributed by atoms with van der Waals surface area (Å²) < 4.78 is 7.73. The van der Waals surface area contributed by atoms with E-state index in [1.165, 1.54) is 48.7 Å². The normalized spacial score (nSPS) is 12.1. The number of unbranched alkanes of at least 4 members (excludes halogenated alkanes) is 3. The van der Waals surface area contributed by atoms with Gasteiger partial charge in [0.25, 0.3) is 0 Å². The van der Waals surface area contributed by atoms with Crippen LogP contribution in [0.25, 0.3) is 10.2 Å². The maximum atomic E-state index is 4.59. The summed E-state index contributed by atoms with van der Waals surface area (Å²) in [4.78, 5) is 4.59. The predicted molar refractivity (Wildman–Crippen MR) is 104 cm³/mol. The molecule has 0 unspecified atom stereocenters. The van der Waals surface area contributed by atoms with Crippen LogP contribution in [0.2, 0.25) is 13.3 Å². The molecule has 0 radical (unpaired) electrons. The van der Waals surface area contributed by atoms with Crippen molar-refractivity contribution < 1.29 is 0 Å². The first kappa shape index (κ1) is 18.3. The minimum atomic E-state index is -2.25. The van der Waals surface area contributed by atoms with Gasteiger partial charge in [0.15, 0.2) is 0 Å². The molecule has 0 atom stereocenters. The van der Waals surface area contributed by atoms with Gasteiger partial charge in [-0.3, -0.25) is 0 Å². The number of hydrogen-bond acceptors (Lipinski definition) is 2. The Morgan fingerprint density at radius 3 is 2.05 bits per heavy atom. The number of hydrogen-bond donors (Lipinski definition) is 0.